The number of hydrogen-bond acceptors (Lipinski definition) is 4. The molecule has 2 aromatic rings. The molecular formula is C21H23N3O3. The van der Waals surface area contributed by atoms with E-state index < -0.39 is 0 Å². The van der Waals surface area contributed by atoms with E-state index in [0.717, 1.165) is 35.8 Å². The molecule has 6 heteroatoms. The second-order valence-corrected chi connectivity index (χ2v) is 6.85. The van der Waals surface area contributed by atoms with Gasteiger partial charge in [0, 0.05) is 37.6 Å². The Bertz CT molecular complexity index is 830. The average molecular weight is 365 g/mol. The van der Waals surface area contributed by atoms with Gasteiger partial charge in [-0.15, -0.1) is 0 Å². The Hall–Kier alpha value is -3.02. The number of fused-ring (bicyclic) bond motifs is 1. The zero-order valence-corrected chi connectivity index (χ0v) is 15.2. The Kier molecular flexibility index (Phi) is 4.96. The first kappa shape index (κ1) is 17.4. The number of amides is 2. The molecule has 1 saturated heterocycles. The number of hydrogen-bond donors (Lipinski definition) is 1. The molecule has 2 aliphatic heterocycles. The van der Waals surface area contributed by atoms with E-state index in [1.165, 1.54) is 0 Å². The number of para-hydroxylation sites is 1. The van der Waals surface area contributed by atoms with Crippen molar-refractivity contribution in [1.82, 2.24) is 4.90 Å². The molecule has 1 N–H and O–H groups in total. The second kappa shape index (κ2) is 7.70. The van der Waals surface area contributed by atoms with Crippen LogP contribution in [0.2, 0.25) is 0 Å². The van der Waals surface area contributed by atoms with Crippen molar-refractivity contribution in [1.29, 1.82) is 0 Å². The Morgan fingerprint density at radius 2 is 1.81 bits per heavy atom. The highest BCUT2D eigenvalue weighted by atomic mass is 16.5. The molecule has 2 aliphatic rings. The fourth-order valence-corrected chi connectivity index (χ4v) is 3.56. The Morgan fingerprint density at radius 1 is 1.04 bits per heavy atom. The first-order valence-electron chi connectivity index (χ1n) is 9.32. The minimum absolute atomic E-state index is 0.0512. The van der Waals surface area contributed by atoms with Gasteiger partial charge in [0.2, 0.25) is 11.8 Å². The lowest BCUT2D eigenvalue weighted by atomic mass is 10.1. The molecule has 1 fully saturated rings. The van der Waals surface area contributed by atoms with E-state index in [2.05, 4.69) is 16.3 Å². The topological polar surface area (TPSA) is 61.9 Å². The van der Waals surface area contributed by atoms with E-state index in [-0.39, 0.29) is 11.8 Å². The van der Waals surface area contributed by atoms with Crippen LogP contribution in [-0.4, -0.2) is 49.5 Å². The van der Waals surface area contributed by atoms with E-state index in [4.69, 9.17) is 4.74 Å². The number of carbonyl (C=O) groups is 2. The smallest absolute Gasteiger partial charge is 0.228 e. The SMILES string of the molecule is O=C1Cc2cc(N3CCN(C(=O)CCOc4ccccc4)CC3)ccc2N1. The summed E-state index contributed by atoms with van der Waals surface area (Å²) in [6, 6.07) is 15.6. The zero-order chi connectivity index (χ0) is 18.6. The molecule has 2 heterocycles. The quantitative estimate of drug-likeness (QED) is 0.883. The average Bonchev–Trinajstić information content (AvgIpc) is 3.08. The fourth-order valence-electron chi connectivity index (χ4n) is 3.56. The van der Waals surface area contributed by atoms with Crippen molar-refractivity contribution in [3.8, 4) is 5.75 Å². The van der Waals surface area contributed by atoms with Crippen LogP contribution in [0.4, 0.5) is 11.4 Å². The third-order valence-electron chi connectivity index (χ3n) is 5.04. The van der Waals surface area contributed by atoms with Crippen LogP contribution >= 0.6 is 0 Å². The van der Waals surface area contributed by atoms with Crippen LogP contribution in [0.5, 0.6) is 5.75 Å². The summed E-state index contributed by atoms with van der Waals surface area (Å²) in [5, 5.41) is 2.86. The Morgan fingerprint density at radius 3 is 2.59 bits per heavy atom. The summed E-state index contributed by atoms with van der Waals surface area (Å²) >= 11 is 0. The lowest BCUT2D eigenvalue weighted by Crippen LogP contribution is -2.49. The molecule has 0 atom stereocenters. The second-order valence-electron chi connectivity index (χ2n) is 6.85. The van der Waals surface area contributed by atoms with Gasteiger partial charge in [-0.1, -0.05) is 18.2 Å². The largest absolute Gasteiger partial charge is 0.493 e. The first-order valence-corrected chi connectivity index (χ1v) is 9.32. The zero-order valence-electron chi connectivity index (χ0n) is 15.2. The van der Waals surface area contributed by atoms with Gasteiger partial charge in [0.05, 0.1) is 19.4 Å². The van der Waals surface area contributed by atoms with Crippen molar-refractivity contribution >= 4 is 23.2 Å². The lowest BCUT2D eigenvalue weighted by Gasteiger charge is -2.36. The van der Waals surface area contributed by atoms with Gasteiger partial charge in [-0.05, 0) is 35.9 Å². The van der Waals surface area contributed by atoms with Crippen LogP contribution in [0.15, 0.2) is 48.5 Å². The molecule has 2 aromatic carbocycles. The maximum atomic E-state index is 12.4. The van der Waals surface area contributed by atoms with Gasteiger partial charge in [0.25, 0.3) is 0 Å². The summed E-state index contributed by atoms with van der Waals surface area (Å²) in [5.41, 5.74) is 3.08. The van der Waals surface area contributed by atoms with Crippen LogP contribution in [0.3, 0.4) is 0 Å². The maximum Gasteiger partial charge on any atom is 0.228 e. The van der Waals surface area contributed by atoms with Crippen molar-refractivity contribution in [3.05, 3.63) is 54.1 Å². The number of anilines is 2. The summed E-state index contributed by atoms with van der Waals surface area (Å²) < 4.78 is 5.62. The third kappa shape index (κ3) is 4.05. The molecule has 0 bridgehead atoms. The molecular weight excluding hydrogens is 342 g/mol. The summed E-state index contributed by atoms with van der Waals surface area (Å²) in [7, 11) is 0. The monoisotopic (exact) mass is 365 g/mol. The molecule has 0 aromatic heterocycles. The highest BCUT2D eigenvalue weighted by molar-refractivity contribution is 5.99. The summed E-state index contributed by atoms with van der Waals surface area (Å²) in [6.07, 6.45) is 0.838. The number of nitrogens with one attached hydrogen (secondary N) is 1. The fraction of sp³-hybridized carbons (Fsp3) is 0.333. The van der Waals surface area contributed by atoms with Crippen molar-refractivity contribution < 1.29 is 14.3 Å². The van der Waals surface area contributed by atoms with Crippen molar-refractivity contribution in [3.63, 3.8) is 0 Å². The molecule has 0 spiro atoms. The molecule has 4 rings (SSSR count). The van der Waals surface area contributed by atoms with Crippen LogP contribution in [0.25, 0.3) is 0 Å². The number of carbonyl (C=O) groups excluding carboxylic acids is 2. The van der Waals surface area contributed by atoms with E-state index in [1.807, 2.05) is 47.4 Å². The van der Waals surface area contributed by atoms with Crippen LogP contribution < -0.4 is 15.0 Å². The third-order valence-corrected chi connectivity index (χ3v) is 5.04. The molecule has 0 unspecified atom stereocenters. The molecule has 2 amide bonds. The van der Waals surface area contributed by atoms with E-state index in [0.29, 0.717) is 32.5 Å². The van der Waals surface area contributed by atoms with Gasteiger partial charge in [-0.2, -0.15) is 0 Å². The predicted octanol–water partition coefficient (Wildman–Crippen LogP) is 2.30. The maximum absolute atomic E-state index is 12.4. The molecule has 140 valence electrons. The van der Waals surface area contributed by atoms with Crippen molar-refractivity contribution in [2.45, 2.75) is 12.8 Å². The normalized spacial score (nSPS) is 16.1. The molecule has 27 heavy (non-hydrogen) atoms. The van der Waals surface area contributed by atoms with Gasteiger partial charge in [-0.25, -0.2) is 0 Å². The summed E-state index contributed by atoms with van der Waals surface area (Å²) in [6.45, 7) is 3.41. The minimum atomic E-state index is 0.0512. The van der Waals surface area contributed by atoms with E-state index in [9.17, 15) is 9.59 Å². The van der Waals surface area contributed by atoms with Gasteiger partial charge in [0.15, 0.2) is 0 Å². The predicted molar refractivity (Wildman–Crippen MR) is 104 cm³/mol. The van der Waals surface area contributed by atoms with E-state index in [1.54, 1.807) is 0 Å². The summed E-state index contributed by atoms with van der Waals surface area (Å²) in [5.74, 6) is 0.976. The lowest BCUT2D eigenvalue weighted by molar-refractivity contribution is -0.132. The minimum Gasteiger partial charge on any atom is -0.493 e. The molecule has 0 aliphatic carbocycles. The number of ether oxygens (including phenoxy) is 1. The number of piperazine rings is 1. The van der Waals surface area contributed by atoms with Crippen molar-refractivity contribution in [2.75, 3.05) is 43.0 Å². The van der Waals surface area contributed by atoms with Gasteiger partial charge >= 0.3 is 0 Å². The number of nitrogens with zero attached hydrogens (tertiary/aromatic N) is 2. The van der Waals surface area contributed by atoms with Gasteiger partial charge in [0.1, 0.15) is 5.75 Å². The number of rotatable bonds is 5. The molecule has 6 nitrogen and oxygen atoms in total. The van der Waals surface area contributed by atoms with E-state index >= 15 is 0 Å². The Balaban J connectivity index is 1.26. The van der Waals surface area contributed by atoms with Crippen LogP contribution in [0, 0.1) is 0 Å². The molecule has 0 saturated carbocycles. The standard InChI is InChI=1S/C21H23N3O3/c25-20-15-16-14-17(6-7-19(16)22-20)23-9-11-24(12-10-23)21(26)8-13-27-18-4-2-1-3-5-18/h1-7,14H,8-13,15H2,(H,22,25). The van der Waals surface area contributed by atoms with Crippen LogP contribution in [0.1, 0.15) is 12.0 Å². The first-order chi connectivity index (χ1) is 13.2. The highest BCUT2D eigenvalue weighted by Gasteiger charge is 2.23. The van der Waals surface area contributed by atoms with Crippen LogP contribution in [-0.2, 0) is 16.0 Å². The Labute approximate surface area is 158 Å². The highest BCUT2D eigenvalue weighted by Crippen LogP contribution is 2.28. The van der Waals surface area contributed by atoms with Gasteiger partial charge in [-0.3, -0.25) is 9.59 Å². The molecule has 0 radical (unpaired) electrons. The number of benzene rings is 2. The van der Waals surface area contributed by atoms with Crippen molar-refractivity contribution in [2.24, 2.45) is 0 Å². The summed E-state index contributed by atoms with van der Waals surface area (Å²) in [4.78, 5) is 28.1. The van der Waals surface area contributed by atoms with Gasteiger partial charge < -0.3 is 19.9 Å².